The number of aliphatic hydroxyl groups is 1. The van der Waals surface area contributed by atoms with Crippen LogP contribution in [-0.4, -0.2) is 17.1 Å². The van der Waals surface area contributed by atoms with E-state index in [0.29, 0.717) is 12.8 Å². The van der Waals surface area contributed by atoms with Crippen LogP contribution in [0, 0.1) is 13.8 Å². The zero-order valence-electron chi connectivity index (χ0n) is 14.0. The third-order valence-electron chi connectivity index (χ3n) is 4.02. The second-order valence-electron chi connectivity index (χ2n) is 6.24. The molecule has 0 aromatic heterocycles. The highest BCUT2D eigenvalue weighted by molar-refractivity contribution is 5.79. The first kappa shape index (κ1) is 17.2. The summed E-state index contributed by atoms with van der Waals surface area (Å²) >= 11 is 0. The summed E-state index contributed by atoms with van der Waals surface area (Å²) in [5.41, 5.74) is 4.22. The number of aryl methyl sites for hydroxylation is 2. The number of rotatable bonds is 6. The van der Waals surface area contributed by atoms with E-state index in [-0.39, 0.29) is 11.9 Å². The van der Waals surface area contributed by atoms with Crippen molar-refractivity contribution in [1.82, 2.24) is 5.32 Å². The Morgan fingerprint density at radius 2 is 1.83 bits per heavy atom. The Balaban J connectivity index is 1.88. The van der Waals surface area contributed by atoms with Crippen LogP contribution in [0.2, 0.25) is 0 Å². The van der Waals surface area contributed by atoms with Crippen molar-refractivity contribution in [3.8, 4) is 0 Å². The van der Waals surface area contributed by atoms with E-state index < -0.39 is 6.10 Å². The van der Waals surface area contributed by atoms with Gasteiger partial charge in [-0.3, -0.25) is 4.79 Å². The highest BCUT2D eigenvalue weighted by atomic mass is 16.3. The van der Waals surface area contributed by atoms with Crippen molar-refractivity contribution in [2.45, 2.75) is 45.8 Å². The maximum absolute atomic E-state index is 12.2. The number of carbonyl (C=O) groups excluding carboxylic acids is 1. The van der Waals surface area contributed by atoms with Crippen LogP contribution < -0.4 is 5.32 Å². The molecule has 0 radical (unpaired) electrons. The van der Waals surface area contributed by atoms with Gasteiger partial charge in [0.1, 0.15) is 0 Å². The second-order valence-corrected chi connectivity index (χ2v) is 6.24. The van der Waals surface area contributed by atoms with Gasteiger partial charge in [0.05, 0.1) is 12.5 Å². The van der Waals surface area contributed by atoms with Gasteiger partial charge in [0.25, 0.3) is 0 Å². The van der Waals surface area contributed by atoms with Gasteiger partial charge in [-0.1, -0.05) is 54.1 Å². The average molecular weight is 311 g/mol. The highest BCUT2D eigenvalue weighted by Gasteiger charge is 2.15. The number of hydrogen-bond donors (Lipinski definition) is 2. The van der Waals surface area contributed by atoms with Crippen molar-refractivity contribution in [1.29, 1.82) is 0 Å². The number of hydrogen-bond acceptors (Lipinski definition) is 2. The van der Waals surface area contributed by atoms with Crippen molar-refractivity contribution < 1.29 is 9.90 Å². The fourth-order valence-electron chi connectivity index (χ4n) is 2.69. The summed E-state index contributed by atoms with van der Waals surface area (Å²) in [4.78, 5) is 12.2. The predicted molar refractivity (Wildman–Crippen MR) is 93.2 cm³/mol. The third-order valence-corrected chi connectivity index (χ3v) is 4.02. The molecule has 2 aromatic carbocycles. The van der Waals surface area contributed by atoms with Gasteiger partial charge in [-0.05, 0) is 43.9 Å². The molecule has 3 nitrogen and oxygen atoms in total. The lowest BCUT2D eigenvalue weighted by Crippen LogP contribution is -2.35. The maximum Gasteiger partial charge on any atom is 0.224 e. The normalized spacial score (nSPS) is 13.4. The fourth-order valence-corrected chi connectivity index (χ4v) is 2.69. The van der Waals surface area contributed by atoms with Crippen LogP contribution in [0.5, 0.6) is 0 Å². The molecule has 0 bridgehead atoms. The molecule has 0 heterocycles. The first-order valence-electron chi connectivity index (χ1n) is 8.04. The first-order chi connectivity index (χ1) is 11.0. The molecule has 2 N–H and O–H groups in total. The van der Waals surface area contributed by atoms with E-state index in [4.69, 9.17) is 0 Å². The Labute approximate surface area is 138 Å². The van der Waals surface area contributed by atoms with Crippen LogP contribution in [0.1, 0.15) is 41.7 Å². The molecule has 23 heavy (non-hydrogen) atoms. The van der Waals surface area contributed by atoms with E-state index in [0.717, 1.165) is 22.3 Å². The molecule has 0 saturated carbocycles. The van der Waals surface area contributed by atoms with E-state index in [9.17, 15) is 9.90 Å². The van der Waals surface area contributed by atoms with Crippen LogP contribution in [0.3, 0.4) is 0 Å². The molecule has 0 aliphatic rings. The van der Waals surface area contributed by atoms with Crippen molar-refractivity contribution >= 4 is 5.91 Å². The molecule has 0 aliphatic carbocycles. The zero-order valence-corrected chi connectivity index (χ0v) is 14.0. The SMILES string of the molecule is Cc1ccc(C)c(CC(=O)NC(C)CC(O)c2ccccc2)c1. The molecule has 3 heteroatoms. The minimum Gasteiger partial charge on any atom is -0.388 e. The molecule has 2 unspecified atom stereocenters. The lowest BCUT2D eigenvalue weighted by Gasteiger charge is -2.18. The van der Waals surface area contributed by atoms with Crippen LogP contribution in [0.4, 0.5) is 0 Å². The Morgan fingerprint density at radius 1 is 1.13 bits per heavy atom. The number of carbonyl (C=O) groups is 1. The van der Waals surface area contributed by atoms with Crippen LogP contribution in [0.25, 0.3) is 0 Å². The van der Waals surface area contributed by atoms with Crippen LogP contribution in [-0.2, 0) is 11.2 Å². The van der Waals surface area contributed by atoms with Crippen molar-refractivity contribution in [3.05, 3.63) is 70.8 Å². The molecular formula is C20H25NO2. The zero-order chi connectivity index (χ0) is 16.8. The first-order valence-corrected chi connectivity index (χ1v) is 8.04. The summed E-state index contributed by atoms with van der Waals surface area (Å²) in [6, 6.07) is 15.6. The summed E-state index contributed by atoms with van der Waals surface area (Å²) in [7, 11) is 0. The molecule has 2 atom stereocenters. The van der Waals surface area contributed by atoms with Gasteiger partial charge >= 0.3 is 0 Å². The number of aliphatic hydroxyl groups excluding tert-OH is 1. The second kappa shape index (κ2) is 7.93. The molecular weight excluding hydrogens is 286 g/mol. The van der Waals surface area contributed by atoms with Crippen LogP contribution in [0.15, 0.2) is 48.5 Å². The van der Waals surface area contributed by atoms with E-state index in [2.05, 4.69) is 17.4 Å². The Bertz CT molecular complexity index is 652. The third kappa shape index (κ3) is 5.22. The monoisotopic (exact) mass is 311 g/mol. The molecule has 0 saturated heterocycles. The Kier molecular flexibility index (Phi) is 5.94. The molecule has 0 fully saturated rings. The number of amides is 1. The minimum absolute atomic E-state index is 0.00791. The molecule has 2 aromatic rings. The summed E-state index contributed by atoms with van der Waals surface area (Å²) in [5, 5.41) is 13.2. The maximum atomic E-state index is 12.2. The largest absolute Gasteiger partial charge is 0.388 e. The summed E-state index contributed by atoms with van der Waals surface area (Å²) in [6.45, 7) is 5.97. The van der Waals surface area contributed by atoms with Gasteiger partial charge in [0.2, 0.25) is 5.91 Å². The quantitative estimate of drug-likeness (QED) is 0.858. The minimum atomic E-state index is -0.563. The van der Waals surface area contributed by atoms with Gasteiger partial charge in [0, 0.05) is 6.04 Å². The summed E-state index contributed by atoms with van der Waals surface area (Å²) in [5.74, 6) is -0.00791. The van der Waals surface area contributed by atoms with E-state index in [1.165, 1.54) is 0 Å². The molecule has 0 spiro atoms. The Morgan fingerprint density at radius 3 is 2.52 bits per heavy atom. The van der Waals surface area contributed by atoms with E-state index in [1.807, 2.05) is 57.2 Å². The average Bonchev–Trinajstić information content (AvgIpc) is 2.51. The number of nitrogens with one attached hydrogen (secondary N) is 1. The van der Waals surface area contributed by atoms with Crippen molar-refractivity contribution in [2.24, 2.45) is 0 Å². The van der Waals surface area contributed by atoms with E-state index >= 15 is 0 Å². The van der Waals surface area contributed by atoms with Gasteiger partial charge in [0.15, 0.2) is 0 Å². The standard InChI is InChI=1S/C20H25NO2/c1-14-9-10-15(2)18(11-14)13-20(23)21-16(3)12-19(22)17-7-5-4-6-8-17/h4-11,16,19,22H,12-13H2,1-3H3,(H,21,23). The topological polar surface area (TPSA) is 49.3 Å². The van der Waals surface area contributed by atoms with Gasteiger partial charge < -0.3 is 10.4 Å². The van der Waals surface area contributed by atoms with Crippen molar-refractivity contribution in [3.63, 3.8) is 0 Å². The van der Waals surface area contributed by atoms with Crippen LogP contribution >= 0.6 is 0 Å². The lowest BCUT2D eigenvalue weighted by molar-refractivity contribution is -0.121. The van der Waals surface area contributed by atoms with Gasteiger partial charge in [-0.15, -0.1) is 0 Å². The lowest BCUT2D eigenvalue weighted by atomic mass is 10.0. The molecule has 122 valence electrons. The fraction of sp³-hybridized carbons (Fsp3) is 0.350. The Hall–Kier alpha value is -2.13. The van der Waals surface area contributed by atoms with Gasteiger partial charge in [-0.25, -0.2) is 0 Å². The summed E-state index contributed by atoms with van der Waals surface area (Å²) < 4.78 is 0. The van der Waals surface area contributed by atoms with E-state index in [1.54, 1.807) is 0 Å². The molecule has 0 aliphatic heterocycles. The summed E-state index contributed by atoms with van der Waals surface area (Å²) in [6.07, 6.45) is 0.314. The van der Waals surface area contributed by atoms with Crippen molar-refractivity contribution in [2.75, 3.05) is 0 Å². The molecule has 2 rings (SSSR count). The predicted octanol–water partition coefficient (Wildman–Crippen LogP) is 3.47. The number of benzene rings is 2. The van der Waals surface area contributed by atoms with Gasteiger partial charge in [-0.2, -0.15) is 0 Å². The smallest absolute Gasteiger partial charge is 0.224 e. The molecule has 1 amide bonds. The highest BCUT2D eigenvalue weighted by Crippen LogP contribution is 2.18.